The van der Waals surface area contributed by atoms with Crippen molar-refractivity contribution >= 4 is 0 Å². The molecule has 126 valence electrons. The lowest BCUT2D eigenvalue weighted by Gasteiger charge is -2.21. The van der Waals surface area contributed by atoms with Crippen LogP contribution in [0.5, 0.6) is 0 Å². The summed E-state index contributed by atoms with van der Waals surface area (Å²) in [7, 11) is 0. The second-order valence-electron chi connectivity index (χ2n) is 6.38. The molecule has 4 heteroatoms. The van der Waals surface area contributed by atoms with Crippen molar-refractivity contribution in [2.24, 2.45) is 5.92 Å². The summed E-state index contributed by atoms with van der Waals surface area (Å²) in [6, 6.07) is 0.364. The summed E-state index contributed by atoms with van der Waals surface area (Å²) in [5.41, 5.74) is 0. The van der Waals surface area contributed by atoms with E-state index in [1.165, 1.54) is 38.5 Å². The lowest BCUT2D eigenvalue weighted by molar-refractivity contribution is 0.0328. The zero-order valence-electron chi connectivity index (χ0n) is 13.7. The van der Waals surface area contributed by atoms with Crippen LogP contribution >= 0.6 is 0 Å². The molecule has 0 amide bonds. The molecule has 21 heavy (non-hydrogen) atoms. The fourth-order valence-corrected chi connectivity index (χ4v) is 3.07. The van der Waals surface area contributed by atoms with Crippen molar-refractivity contribution in [2.45, 2.75) is 76.9 Å². The maximum Gasteiger partial charge on any atom is 0.0897 e. The van der Waals surface area contributed by atoms with Crippen LogP contribution in [0.25, 0.3) is 0 Å². The smallest absolute Gasteiger partial charge is 0.0897 e. The van der Waals surface area contributed by atoms with Crippen molar-refractivity contribution in [1.29, 1.82) is 0 Å². The summed E-state index contributed by atoms with van der Waals surface area (Å²) in [4.78, 5) is 0. The Kier molecular flexibility index (Phi) is 11.1. The van der Waals surface area contributed by atoms with Gasteiger partial charge in [-0.1, -0.05) is 45.4 Å². The molecule has 1 aliphatic rings. The second kappa shape index (κ2) is 12.4. The van der Waals surface area contributed by atoms with Gasteiger partial charge in [0.1, 0.15) is 0 Å². The van der Waals surface area contributed by atoms with Gasteiger partial charge >= 0.3 is 0 Å². The van der Waals surface area contributed by atoms with Crippen LogP contribution in [0, 0.1) is 5.92 Å². The van der Waals surface area contributed by atoms with Crippen LogP contribution in [0.4, 0.5) is 0 Å². The van der Waals surface area contributed by atoms with Crippen molar-refractivity contribution in [3.8, 4) is 0 Å². The molecule has 0 saturated heterocycles. The van der Waals surface area contributed by atoms with Gasteiger partial charge in [-0.15, -0.1) is 0 Å². The molecule has 3 N–H and O–H groups in total. The van der Waals surface area contributed by atoms with Crippen molar-refractivity contribution in [1.82, 2.24) is 5.32 Å². The zero-order valence-corrected chi connectivity index (χ0v) is 13.7. The number of nitrogens with one attached hydrogen (secondary N) is 1. The Morgan fingerprint density at radius 2 is 1.90 bits per heavy atom. The van der Waals surface area contributed by atoms with Gasteiger partial charge in [-0.3, -0.25) is 0 Å². The molecule has 3 unspecified atom stereocenters. The summed E-state index contributed by atoms with van der Waals surface area (Å²) in [5.74, 6) is 0.362. The van der Waals surface area contributed by atoms with E-state index in [1.54, 1.807) is 0 Å². The van der Waals surface area contributed by atoms with Crippen LogP contribution < -0.4 is 5.32 Å². The summed E-state index contributed by atoms with van der Waals surface area (Å²) < 4.78 is 5.53. The first-order valence-electron chi connectivity index (χ1n) is 8.88. The van der Waals surface area contributed by atoms with Gasteiger partial charge in [0.15, 0.2) is 0 Å². The average Bonchev–Trinajstić information content (AvgIpc) is 2.95. The fraction of sp³-hybridized carbons (Fsp3) is 1.00. The molecule has 0 aromatic heterocycles. The molecule has 0 bridgehead atoms. The molecule has 4 nitrogen and oxygen atoms in total. The number of ether oxygens (including phenoxy) is 1. The lowest BCUT2D eigenvalue weighted by atomic mass is 10.1. The average molecular weight is 301 g/mol. The molecule has 0 radical (unpaired) electrons. The van der Waals surface area contributed by atoms with Crippen molar-refractivity contribution < 1.29 is 14.9 Å². The minimum Gasteiger partial charge on any atom is -0.396 e. The third-order valence-electron chi connectivity index (χ3n) is 4.46. The number of aliphatic hydroxyl groups excluding tert-OH is 2. The normalized spacial score (nSPS) is 23.6. The molecule has 0 heterocycles. The third-order valence-corrected chi connectivity index (χ3v) is 4.46. The highest BCUT2D eigenvalue weighted by atomic mass is 16.5. The Morgan fingerprint density at radius 3 is 2.67 bits per heavy atom. The molecule has 1 aliphatic carbocycles. The van der Waals surface area contributed by atoms with Crippen LogP contribution in [0.2, 0.25) is 0 Å². The minimum absolute atomic E-state index is 0.252. The van der Waals surface area contributed by atoms with Crippen LogP contribution in [-0.4, -0.2) is 48.7 Å². The molecule has 1 rings (SSSR count). The minimum atomic E-state index is -0.440. The maximum absolute atomic E-state index is 9.89. The van der Waals surface area contributed by atoms with E-state index >= 15 is 0 Å². The second-order valence-corrected chi connectivity index (χ2v) is 6.38. The Bertz CT molecular complexity index is 238. The fourth-order valence-electron chi connectivity index (χ4n) is 3.07. The molecule has 1 saturated carbocycles. The monoisotopic (exact) mass is 301 g/mol. The van der Waals surface area contributed by atoms with Gasteiger partial charge in [-0.25, -0.2) is 0 Å². The maximum atomic E-state index is 9.89. The molecule has 0 aliphatic heterocycles. The van der Waals surface area contributed by atoms with E-state index in [2.05, 4.69) is 12.2 Å². The Labute approximate surface area is 130 Å². The SMILES string of the molecule is CCCCCCCCOCC(O)CNC1CCCC1CO. The standard InChI is InChI=1S/C17H35NO3/c1-2-3-4-5-6-7-11-21-14-16(20)12-18-17-10-8-9-15(17)13-19/h15-20H,2-14H2,1H3. The van der Waals surface area contributed by atoms with E-state index in [1.807, 2.05) is 0 Å². The summed E-state index contributed by atoms with van der Waals surface area (Å²) in [5, 5.41) is 22.5. The predicted molar refractivity (Wildman–Crippen MR) is 86.4 cm³/mol. The first kappa shape index (κ1) is 18.9. The van der Waals surface area contributed by atoms with Gasteiger partial charge in [0.25, 0.3) is 0 Å². The third kappa shape index (κ3) is 8.77. The molecule has 1 fully saturated rings. The van der Waals surface area contributed by atoms with E-state index in [0.717, 1.165) is 25.9 Å². The molecular formula is C17H35NO3. The van der Waals surface area contributed by atoms with Gasteiger partial charge in [-0.05, 0) is 25.2 Å². The number of hydrogen-bond acceptors (Lipinski definition) is 4. The van der Waals surface area contributed by atoms with Gasteiger partial charge in [0.2, 0.25) is 0 Å². The van der Waals surface area contributed by atoms with E-state index in [0.29, 0.717) is 25.1 Å². The van der Waals surface area contributed by atoms with Crippen LogP contribution in [0.15, 0.2) is 0 Å². The van der Waals surface area contributed by atoms with Gasteiger partial charge in [0.05, 0.1) is 12.7 Å². The first-order valence-corrected chi connectivity index (χ1v) is 8.88. The highest BCUT2D eigenvalue weighted by Gasteiger charge is 2.26. The predicted octanol–water partition coefficient (Wildman–Crippen LogP) is 2.48. The number of rotatable bonds is 13. The highest BCUT2D eigenvalue weighted by Crippen LogP contribution is 2.24. The molecular weight excluding hydrogens is 266 g/mol. The van der Waals surface area contributed by atoms with E-state index < -0.39 is 6.10 Å². The zero-order chi connectivity index (χ0) is 15.3. The Balaban J connectivity index is 1.90. The van der Waals surface area contributed by atoms with Crippen LogP contribution in [0.3, 0.4) is 0 Å². The number of hydrogen-bond donors (Lipinski definition) is 3. The number of aliphatic hydroxyl groups is 2. The van der Waals surface area contributed by atoms with Gasteiger partial charge in [0, 0.05) is 25.8 Å². The summed E-state index contributed by atoms with van der Waals surface area (Å²) >= 11 is 0. The summed E-state index contributed by atoms with van der Waals surface area (Å²) in [6.45, 7) is 4.22. The molecule has 0 aromatic carbocycles. The van der Waals surface area contributed by atoms with Crippen LogP contribution in [0.1, 0.15) is 64.7 Å². The first-order chi connectivity index (χ1) is 10.3. The quantitative estimate of drug-likeness (QED) is 0.457. The molecule has 0 spiro atoms. The van der Waals surface area contributed by atoms with Gasteiger partial charge < -0.3 is 20.3 Å². The topological polar surface area (TPSA) is 61.7 Å². The Morgan fingerprint density at radius 1 is 1.14 bits per heavy atom. The van der Waals surface area contributed by atoms with E-state index in [9.17, 15) is 10.2 Å². The van der Waals surface area contributed by atoms with Crippen molar-refractivity contribution in [3.63, 3.8) is 0 Å². The van der Waals surface area contributed by atoms with Crippen molar-refractivity contribution in [3.05, 3.63) is 0 Å². The molecule has 3 atom stereocenters. The van der Waals surface area contributed by atoms with E-state index in [4.69, 9.17) is 4.74 Å². The lowest BCUT2D eigenvalue weighted by Crippen LogP contribution is -2.40. The van der Waals surface area contributed by atoms with Crippen LogP contribution in [-0.2, 0) is 4.74 Å². The molecule has 0 aromatic rings. The Hall–Kier alpha value is -0.160. The van der Waals surface area contributed by atoms with Crippen molar-refractivity contribution in [2.75, 3.05) is 26.4 Å². The van der Waals surface area contributed by atoms with E-state index in [-0.39, 0.29) is 6.61 Å². The van der Waals surface area contributed by atoms with Gasteiger partial charge in [-0.2, -0.15) is 0 Å². The summed E-state index contributed by atoms with van der Waals surface area (Å²) in [6.07, 6.45) is 10.5. The number of unbranched alkanes of at least 4 members (excludes halogenated alkanes) is 5. The largest absolute Gasteiger partial charge is 0.396 e. The highest BCUT2D eigenvalue weighted by molar-refractivity contribution is 4.83.